The first-order valence-corrected chi connectivity index (χ1v) is 6.00. The zero-order chi connectivity index (χ0) is 10.7. The molecular weight excluding hydrogens is 256 g/mol. The van der Waals surface area contributed by atoms with Crippen LogP contribution in [0.25, 0.3) is 0 Å². The van der Waals surface area contributed by atoms with Crippen LogP contribution in [0, 0.1) is 0 Å². The summed E-state index contributed by atoms with van der Waals surface area (Å²) >= 11 is 3.37. The number of halogens is 1. The van der Waals surface area contributed by atoms with Crippen LogP contribution in [0.1, 0.15) is 12.8 Å². The number of hydrogen-bond donors (Lipinski definition) is 0. The van der Waals surface area contributed by atoms with Gasteiger partial charge in [-0.1, -0.05) is 0 Å². The molecule has 0 saturated carbocycles. The van der Waals surface area contributed by atoms with E-state index in [1.807, 2.05) is 12.1 Å². The maximum Gasteiger partial charge on any atom is 0.152 e. The van der Waals surface area contributed by atoms with Crippen molar-refractivity contribution in [2.24, 2.45) is 0 Å². The van der Waals surface area contributed by atoms with Crippen molar-refractivity contribution in [1.29, 1.82) is 0 Å². The molecule has 1 atom stereocenters. The summed E-state index contributed by atoms with van der Waals surface area (Å²) in [4.78, 5) is 6.47. The van der Waals surface area contributed by atoms with Gasteiger partial charge < -0.3 is 9.64 Å². The molecule has 4 heteroatoms. The third-order valence-electron chi connectivity index (χ3n) is 2.83. The third-order valence-corrected chi connectivity index (χ3v) is 3.42. The Kier molecular flexibility index (Phi) is 3.59. The highest BCUT2D eigenvalue weighted by atomic mass is 79.9. The maximum absolute atomic E-state index is 5.74. The van der Waals surface area contributed by atoms with Crippen molar-refractivity contribution >= 4 is 15.9 Å². The molecule has 0 N–H and O–H groups in total. The van der Waals surface area contributed by atoms with Gasteiger partial charge in [0.2, 0.25) is 0 Å². The Morgan fingerprint density at radius 2 is 2.53 bits per heavy atom. The van der Waals surface area contributed by atoms with E-state index in [1.54, 1.807) is 6.20 Å². The SMILES string of the molecule is CN1CCC[C@H]1COc1cccnc1Br. The molecule has 0 aromatic carbocycles. The number of nitrogens with zero attached hydrogens (tertiary/aromatic N) is 2. The molecule has 0 bridgehead atoms. The average molecular weight is 271 g/mol. The Bertz CT molecular complexity index is 332. The predicted octanol–water partition coefficient (Wildman–Crippen LogP) is 2.32. The summed E-state index contributed by atoms with van der Waals surface area (Å²) < 4.78 is 6.52. The van der Waals surface area contributed by atoms with Gasteiger partial charge in [-0.3, -0.25) is 0 Å². The number of likely N-dealkylation sites (tertiary alicyclic amines) is 1. The summed E-state index contributed by atoms with van der Waals surface area (Å²) in [6.07, 6.45) is 4.26. The monoisotopic (exact) mass is 270 g/mol. The molecule has 82 valence electrons. The second kappa shape index (κ2) is 4.94. The van der Waals surface area contributed by atoms with Gasteiger partial charge in [-0.05, 0) is 54.5 Å². The standard InChI is InChI=1S/C11H15BrN2O/c1-14-7-3-4-9(14)8-15-10-5-2-6-13-11(10)12/h2,5-6,9H,3-4,7-8H2,1H3/t9-/m0/s1. The Morgan fingerprint density at radius 3 is 3.20 bits per heavy atom. The van der Waals surface area contributed by atoms with E-state index >= 15 is 0 Å². The van der Waals surface area contributed by atoms with Gasteiger partial charge in [0, 0.05) is 12.2 Å². The molecule has 3 nitrogen and oxygen atoms in total. The molecule has 1 aliphatic heterocycles. The highest BCUT2D eigenvalue weighted by Gasteiger charge is 2.21. The van der Waals surface area contributed by atoms with E-state index in [2.05, 4.69) is 32.9 Å². The van der Waals surface area contributed by atoms with Gasteiger partial charge in [0.25, 0.3) is 0 Å². The van der Waals surface area contributed by atoms with Crippen molar-refractivity contribution < 1.29 is 4.74 Å². The van der Waals surface area contributed by atoms with Gasteiger partial charge in [-0.2, -0.15) is 0 Å². The van der Waals surface area contributed by atoms with Crippen LogP contribution in [0.15, 0.2) is 22.9 Å². The lowest BCUT2D eigenvalue weighted by Gasteiger charge is -2.19. The first-order valence-electron chi connectivity index (χ1n) is 5.21. The number of likely N-dealkylation sites (N-methyl/N-ethyl adjacent to an activating group) is 1. The van der Waals surface area contributed by atoms with Crippen molar-refractivity contribution in [2.45, 2.75) is 18.9 Å². The maximum atomic E-state index is 5.74. The second-order valence-electron chi connectivity index (χ2n) is 3.88. The molecule has 1 aromatic rings. The number of pyridine rings is 1. The molecule has 0 unspecified atom stereocenters. The van der Waals surface area contributed by atoms with Gasteiger partial charge in [0.1, 0.15) is 11.2 Å². The van der Waals surface area contributed by atoms with Crippen LogP contribution in [-0.2, 0) is 0 Å². The van der Waals surface area contributed by atoms with Gasteiger partial charge in [-0.25, -0.2) is 4.98 Å². The van der Waals surface area contributed by atoms with Crippen molar-refractivity contribution in [3.8, 4) is 5.75 Å². The van der Waals surface area contributed by atoms with Crippen LogP contribution in [0.3, 0.4) is 0 Å². The minimum Gasteiger partial charge on any atom is -0.489 e. The van der Waals surface area contributed by atoms with Gasteiger partial charge in [0.05, 0.1) is 0 Å². The van der Waals surface area contributed by atoms with Crippen molar-refractivity contribution in [3.63, 3.8) is 0 Å². The zero-order valence-electron chi connectivity index (χ0n) is 8.82. The Hall–Kier alpha value is -0.610. The summed E-state index contributed by atoms with van der Waals surface area (Å²) in [6, 6.07) is 4.38. The molecule has 1 saturated heterocycles. The molecule has 2 rings (SSSR count). The Balaban J connectivity index is 1.90. The number of hydrogen-bond acceptors (Lipinski definition) is 3. The summed E-state index contributed by atoms with van der Waals surface area (Å²) in [7, 11) is 2.15. The van der Waals surface area contributed by atoms with Gasteiger partial charge in [-0.15, -0.1) is 0 Å². The molecule has 0 aliphatic carbocycles. The van der Waals surface area contributed by atoms with Crippen molar-refractivity contribution in [3.05, 3.63) is 22.9 Å². The molecule has 2 heterocycles. The van der Waals surface area contributed by atoms with E-state index in [0.29, 0.717) is 6.04 Å². The lowest BCUT2D eigenvalue weighted by molar-refractivity contribution is 0.197. The first-order chi connectivity index (χ1) is 7.27. The molecule has 1 fully saturated rings. The van der Waals surface area contributed by atoms with Crippen LogP contribution in [0.5, 0.6) is 5.75 Å². The Labute approximate surface area is 98.6 Å². The molecule has 0 amide bonds. The molecule has 1 aromatic heterocycles. The van der Waals surface area contributed by atoms with E-state index in [0.717, 1.165) is 17.0 Å². The fourth-order valence-electron chi connectivity index (χ4n) is 1.85. The topological polar surface area (TPSA) is 25.4 Å². The normalized spacial score (nSPS) is 21.9. The minimum absolute atomic E-state index is 0.553. The molecular formula is C11H15BrN2O. The lowest BCUT2D eigenvalue weighted by atomic mass is 10.2. The fraction of sp³-hybridized carbons (Fsp3) is 0.545. The molecule has 15 heavy (non-hydrogen) atoms. The molecule has 0 radical (unpaired) electrons. The largest absolute Gasteiger partial charge is 0.489 e. The summed E-state index contributed by atoms with van der Waals surface area (Å²) in [5.74, 6) is 0.831. The summed E-state index contributed by atoms with van der Waals surface area (Å²) in [5, 5.41) is 0. The van der Waals surface area contributed by atoms with Crippen LogP contribution in [0.2, 0.25) is 0 Å². The number of ether oxygens (including phenoxy) is 1. The minimum atomic E-state index is 0.553. The second-order valence-corrected chi connectivity index (χ2v) is 4.63. The highest BCUT2D eigenvalue weighted by molar-refractivity contribution is 9.10. The van der Waals surface area contributed by atoms with Gasteiger partial charge >= 0.3 is 0 Å². The van der Waals surface area contributed by atoms with E-state index in [1.165, 1.54) is 19.4 Å². The summed E-state index contributed by atoms with van der Waals surface area (Å²) in [6.45, 7) is 1.93. The average Bonchev–Trinajstić information content (AvgIpc) is 2.63. The van der Waals surface area contributed by atoms with E-state index < -0.39 is 0 Å². The Morgan fingerprint density at radius 1 is 1.67 bits per heavy atom. The van der Waals surface area contributed by atoms with E-state index in [-0.39, 0.29) is 0 Å². The van der Waals surface area contributed by atoms with Crippen LogP contribution >= 0.6 is 15.9 Å². The van der Waals surface area contributed by atoms with Gasteiger partial charge in [0.15, 0.2) is 5.75 Å². The van der Waals surface area contributed by atoms with E-state index in [4.69, 9.17) is 4.74 Å². The molecule has 0 spiro atoms. The number of aromatic nitrogens is 1. The van der Waals surface area contributed by atoms with Crippen molar-refractivity contribution in [1.82, 2.24) is 9.88 Å². The summed E-state index contributed by atoms with van der Waals surface area (Å²) in [5.41, 5.74) is 0. The van der Waals surface area contributed by atoms with Crippen LogP contribution < -0.4 is 4.74 Å². The zero-order valence-corrected chi connectivity index (χ0v) is 10.4. The smallest absolute Gasteiger partial charge is 0.152 e. The highest BCUT2D eigenvalue weighted by Crippen LogP contribution is 2.23. The lowest BCUT2D eigenvalue weighted by Crippen LogP contribution is -2.30. The number of rotatable bonds is 3. The predicted molar refractivity (Wildman–Crippen MR) is 63.1 cm³/mol. The van der Waals surface area contributed by atoms with Crippen molar-refractivity contribution in [2.75, 3.05) is 20.2 Å². The van der Waals surface area contributed by atoms with Crippen LogP contribution in [-0.4, -0.2) is 36.1 Å². The quantitative estimate of drug-likeness (QED) is 0.789. The fourth-order valence-corrected chi connectivity index (χ4v) is 2.22. The van der Waals surface area contributed by atoms with E-state index in [9.17, 15) is 0 Å². The van der Waals surface area contributed by atoms with Crippen LogP contribution in [0.4, 0.5) is 0 Å². The molecule has 1 aliphatic rings. The third kappa shape index (κ3) is 2.69. The first kappa shape index (κ1) is 10.9.